The Morgan fingerprint density at radius 2 is 1.42 bits per heavy atom. The van der Waals surface area contributed by atoms with E-state index < -0.39 is 0 Å². The van der Waals surface area contributed by atoms with E-state index in [4.69, 9.17) is 4.74 Å². The fraction of sp³-hybridized carbons (Fsp3) is 0.0769. The van der Waals surface area contributed by atoms with E-state index in [-0.39, 0.29) is 17.1 Å². The van der Waals surface area contributed by atoms with E-state index >= 15 is 0 Å². The first-order valence-electron chi connectivity index (χ1n) is 10.3. The number of thioether (sulfide) groups is 1. The lowest BCUT2D eigenvalue weighted by molar-refractivity contribution is -0.115. The lowest BCUT2D eigenvalue weighted by atomic mass is 10.3. The third-order valence-electron chi connectivity index (χ3n) is 4.64. The number of anilines is 2. The maximum atomic E-state index is 12.6. The molecule has 1 unspecified atom stereocenters. The van der Waals surface area contributed by atoms with Gasteiger partial charge in [0.25, 0.3) is 5.91 Å². The normalized spacial score (nSPS) is 11.4. The molecule has 0 bridgehead atoms. The molecule has 0 radical (unpaired) electrons. The van der Waals surface area contributed by atoms with Crippen molar-refractivity contribution in [2.45, 2.75) is 17.1 Å². The van der Waals surface area contributed by atoms with Crippen molar-refractivity contribution in [2.24, 2.45) is 0 Å². The fourth-order valence-corrected chi connectivity index (χ4v) is 4.44. The second-order valence-corrected chi connectivity index (χ2v) is 9.51. The van der Waals surface area contributed by atoms with E-state index in [0.717, 1.165) is 10.6 Å². The summed E-state index contributed by atoms with van der Waals surface area (Å²) < 4.78 is 5.78. The van der Waals surface area contributed by atoms with Gasteiger partial charge in [-0.2, -0.15) is 0 Å². The Morgan fingerprint density at radius 1 is 0.788 bits per heavy atom. The second kappa shape index (κ2) is 10.8. The summed E-state index contributed by atoms with van der Waals surface area (Å²) in [5.74, 6) is 1.24. The van der Waals surface area contributed by atoms with Gasteiger partial charge in [0, 0.05) is 16.3 Å². The van der Waals surface area contributed by atoms with Crippen LogP contribution in [0.25, 0.3) is 0 Å². The van der Waals surface area contributed by atoms with Crippen LogP contribution < -0.4 is 15.4 Å². The average molecular weight is 475 g/mol. The molecule has 3 aromatic carbocycles. The lowest BCUT2D eigenvalue weighted by Gasteiger charge is -2.13. The second-order valence-electron chi connectivity index (χ2n) is 7.14. The van der Waals surface area contributed by atoms with Crippen molar-refractivity contribution in [2.75, 3.05) is 10.6 Å². The van der Waals surface area contributed by atoms with E-state index in [0.29, 0.717) is 22.0 Å². The highest BCUT2D eigenvalue weighted by Crippen LogP contribution is 2.27. The van der Waals surface area contributed by atoms with E-state index in [9.17, 15) is 9.59 Å². The van der Waals surface area contributed by atoms with Crippen molar-refractivity contribution in [1.82, 2.24) is 0 Å². The molecule has 2 amide bonds. The van der Waals surface area contributed by atoms with Crippen LogP contribution in [0.15, 0.2) is 101 Å². The number of rotatable bonds is 8. The summed E-state index contributed by atoms with van der Waals surface area (Å²) in [5.41, 5.74) is 1.42. The summed E-state index contributed by atoms with van der Waals surface area (Å²) in [6.45, 7) is 1.86. The van der Waals surface area contributed by atoms with E-state index in [1.165, 1.54) is 23.1 Å². The van der Waals surface area contributed by atoms with Crippen LogP contribution in [0.2, 0.25) is 0 Å². The summed E-state index contributed by atoms with van der Waals surface area (Å²) in [6.07, 6.45) is 0. The molecule has 0 fully saturated rings. The van der Waals surface area contributed by atoms with Crippen LogP contribution in [0.1, 0.15) is 16.6 Å². The van der Waals surface area contributed by atoms with Crippen molar-refractivity contribution in [3.63, 3.8) is 0 Å². The van der Waals surface area contributed by atoms with Gasteiger partial charge < -0.3 is 15.4 Å². The van der Waals surface area contributed by atoms with Crippen molar-refractivity contribution < 1.29 is 14.3 Å². The minimum atomic E-state index is -0.295. The van der Waals surface area contributed by atoms with Gasteiger partial charge in [-0.3, -0.25) is 9.59 Å². The van der Waals surface area contributed by atoms with Crippen molar-refractivity contribution in [3.8, 4) is 11.5 Å². The molecule has 4 aromatic rings. The largest absolute Gasteiger partial charge is 0.457 e. The first-order valence-corrected chi connectivity index (χ1v) is 12.1. The number of benzene rings is 3. The van der Waals surface area contributed by atoms with Crippen LogP contribution in [0.5, 0.6) is 11.5 Å². The Kier molecular flexibility index (Phi) is 7.44. The highest BCUT2D eigenvalue weighted by Gasteiger charge is 2.15. The quantitative estimate of drug-likeness (QED) is 0.272. The number of thiophene rings is 1. The van der Waals surface area contributed by atoms with Gasteiger partial charge in [-0.05, 0) is 79.0 Å². The molecule has 0 spiro atoms. The number of ether oxygens (including phenoxy) is 1. The summed E-state index contributed by atoms with van der Waals surface area (Å²) in [7, 11) is 0. The predicted molar refractivity (Wildman–Crippen MR) is 136 cm³/mol. The van der Waals surface area contributed by atoms with Gasteiger partial charge in [0.15, 0.2) is 0 Å². The predicted octanol–water partition coefficient (Wildman–Crippen LogP) is 6.91. The Hall–Kier alpha value is -3.55. The number of amides is 2. The zero-order chi connectivity index (χ0) is 23.0. The first kappa shape index (κ1) is 22.6. The van der Waals surface area contributed by atoms with Crippen LogP contribution in [0, 0.1) is 0 Å². The number of hydrogen-bond acceptors (Lipinski definition) is 5. The van der Waals surface area contributed by atoms with Gasteiger partial charge in [0.05, 0.1) is 10.1 Å². The molecule has 2 N–H and O–H groups in total. The molecule has 7 heteroatoms. The Balaban J connectivity index is 1.28. The molecular weight excluding hydrogens is 452 g/mol. The SMILES string of the molecule is CC(Sc1ccc(NC(=O)c2cccs2)cc1)C(=O)Nc1ccc(Oc2ccccc2)cc1. The fourth-order valence-electron chi connectivity index (χ4n) is 2.95. The molecule has 0 aliphatic heterocycles. The zero-order valence-electron chi connectivity index (χ0n) is 17.9. The number of nitrogens with one attached hydrogen (secondary N) is 2. The monoisotopic (exact) mass is 474 g/mol. The highest BCUT2D eigenvalue weighted by atomic mass is 32.2. The van der Waals surface area contributed by atoms with Crippen molar-refractivity contribution in [1.29, 1.82) is 0 Å². The number of hydrogen-bond donors (Lipinski definition) is 2. The summed E-state index contributed by atoms with van der Waals surface area (Å²) in [5, 5.41) is 7.38. The minimum Gasteiger partial charge on any atom is -0.457 e. The molecular formula is C26H22N2O3S2. The molecule has 5 nitrogen and oxygen atoms in total. The molecule has 0 aliphatic carbocycles. The molecule has 1 atom stereocenters. The third kappa shape index (κ3) is 6.47. The highest BCUT2D eigenvalue weighted by molar-refractivity contribution is 8.00. The summed E-state index contributed by atoms with van der Waals surface area (Å²) in [4.78, 5) is 26.4. The van der Waals surface area contributed by atoms with E-state index in [1.807, 2.05) is 97.2 Å². The number of carbonyl (C=O) groups is 2. The zero-order valence-corrected chi connectivity index (χ0v) is 19.5. The molecule has 33 heavy (non-hydrogen) atoms. The average Bonchev–Trinajstić information content (AvgIpc) is 3.37. The molecule has 0 saturated carbocycles. The van der Waals surface area contributed by atoms with Gasteiger partial charge in [0.2, 0.25) is 5.91 Å². The summed E-state index contributed by atoms with van der Waals surface area (Å²) in [6, 6.07) is 27.9. The lowest BCUT2D eigenvalue weighted by Crippen LogP contribution is -2.22. The van der Waals surface area contributed by atoms with E-state index in [2.05, 4.69) is 10.6 Å². The van der Waals surface area contributed by atoms with Crippen LogP contribution in [0.3, 0.4) is 0 Å². The Bertz CT molecular complexity index is 1190. The minimum absolute atomic E-state index is 0.0909. The number of carbonyl (C=O) groups excluding carboxylic acids is 2. The smallest absolute Gasteiger partial charge is 0.265 e. The van der Waals surface area contributed by atoms with Crippen LogP contribution in [0.4, 0.5) is 11.4 Å². The van der Waals surface area contributed by atoms with Gasteiger partial charge >= 0.3 is 0 Å². The van der Waals surface area contributed by atoms with Gasteiger partial charge in [0.1, 0.15) is 11.5 Å². The molecule has 0 aliphatic rings. The van der Waals surface area contributed by atoms with Crippen molar-refractivity contribution >= 4 is 46.3 Å². The first-order chi connectivity index (χ1) is 16.1. The summed E-state index contributed by atoms with van der Waals surface area (Å²) >= 11 is 2.85. The maximum Gasteiger partial charge on any atom is 0.265 e. The molecule has 166 valence electrons. The van der Waals surface area contributed by atoms with Crippen LogP contribution in [-0.4, -0.2) is 17.1 Å². The molecule has 4 rings (SSSR count). The van der Waals surface area contributed by atoms with Gasteiger partial charge in [-0.1, -0.05) is 24.3 Å². The number of para-hydroxylation sites is 1. The molecule has 1 aromatic heterocycles. The third-order valence-corrected chi connectivity index (χ3v) is 6.62. The topological polar surface area (TPSA) is 67.4 Å². The van der Waals surface area contributed by atoms with Crippen LogP contribution in [-0.2, 0) is 4.79 Å². The molecule has 0 saturated heterocycles. The standard InChI is InChI=1S/C26H22N2O3S2/c1-18(33-23-15-11-20(12-16-23)28-26(30)24-8-5-17-32-24)25(29)27-19-9-13-22(14-10-19)31-21-6-3-2-4-7-21/h2-18H,1H3,(H,27,29)(H,28,30). The van der Waals surface area contributed by atoms with Gasteiger partial charge in [-0.15, -0.1) is 23.1 Å². The Morgan fingerprint density at radius 3 is 2.09 bits per heavy atom. The van der Waals surface area contributed by atoms with E-state index in [1.54, 1.807) is 6.07 Å². The Labute approximate surface area is 200 Å². The van der Waals surface area contributed by atoms with Crippen LogP contribution >= 0.6 is 23.1 Å². The van der Waals surface area contributed by atoms with Crippen molar-refractivity contribution in [3.05, 3.63) is 101 Å². The maximum absolute atomic E-state index is 12.6. The molecule has 1 heterocycles. The van der Waals surface area contributed by atoms with Gasteiger partial charge in [-0.25, -0.2) is 0 Å².